The average molecular weight is 224 g/mol. The van der Waals surface area contributed by atoms with Crippen molar-refractivity contribution in [3.05, 3.63) is 11.8 Å². The first-order valence-corrected chi connectivity index (χ1v) is 5.69. The van der Waals surface area contributed by atoms with Gasteiger partial charge in [-0.3, -0.25) is 9.89 Å². The van der Waals surface area contributed by atoms with Crippen molar-refractivity contribution >= 4 is 11.7 Å². The van der Waals surface area contributed by atoms with Crippen LogP contribution >= 0.6 is 0 Å². The molecular formula is C11H20N4O. The SMILES string of the molecule is CCc1cc(NC(=O)CCNC(C)C)n[nH]1. The molecule has 0 aromatic carbocycles. The van der Waals surface area contributed by atoms with Crippen molar-refractivity contribution in [3.8, 4) is 0 Å². The number of carbonyl (C=O) groups is 1. The molecule has 0 saturated heterocycles. The highest BCUT2D eigenvalue weighted by molar-refractivity contribution is 5.89. The summed E-state index contributed by atoms with van der Waals surface area (Å²) in [6.07, 6.45) is 1.35. The van der Waals surface area contributed by atoms with Crippen molar-refractivity contribution in [2.45, 2.75) is 39.7 Å². The number of aromatic nitrogens is 2. The van der Waals surface area contributed by atoms with Gasteiger partial charge >= 0.3 is 0 Å². The van der Waals surface area contributed by atoms with E-state index in [0.717, 1.165) is 12.1 Å². The summed E-state index contributed by atoms with van der Waals surface area (Å²) in [5, 5.41) is 12.8. The highest BCUT2D eigenvalue weighted by Gasteiger charge is 2.05. The van der Waals surface area contributed by atoms with E-state index in [4.69, 9.17) is 0 Å². The van der Waals surface area contributed by atoms with Crippen LogP contribution in [-0.4, -0.2) is 28.7 Å². The minimum Gasteiger partial charge on any atom is -0.314 e. The van der Waals surface area contributed by atoms with E-state index < -0.39 is 0 Å². The van der Waals surface area contributed by atoms with E-state index >= 15 is 0 Å². The van der Waals surface area contributed by atoms with Crippen LogP contribution in [0.15, 0.2) is 6.07 Å². The van der Waals surface area contributed by atoms with Crippen molar-refractivity contribution in [2.24, 2.45) is 0 Å². The molecule has 3 N–H and O–H groups in total. The van der Waals surface area contributed by atoms with Crippen molar-refractivity contribution in [2.75, 3.05) is 11.9 Å². The lowest BCUT2D eigenvalue weighted by molar-refractivity contribution is -0.116. The van der Waals surface area contributed by atoms with Crippen LogP contribution in [0.4, 0.5) is 5.82 Å². The highest BCUT2D eigenvalue weighted by Crippen LogP contribution is 2.05. The Hall–Kier alpha value is -1.36. The predicted molar refractivity (Wildman–Crippen MR) is 64.4 cm³/mol. The van der Waals surface area contributed by atoms with E-state index in [1.54, 1.807) is 0 Å². The summed E-state index contributed by atoms with van der Waals surface area (Å²) >= 11 is 0. The highest BCUT2D eigenvalue weighted by atomic mass is 16.1. The molecule has 0 unspecified atom stereocenters. The summed E-state index contributed by atoms with van der Waals surface area (Å²) in [4.78, 5) is 11.5. The Balaban J connectivity index is 2.28. The van der Waals surface area contributed by atoms with Gasteiger partial charge in [-0.05, 0) is 6.42 Å². The zero-order valence-electron chi connectivity index (χ0n) is 10.1. The third-order valence-corrected chi connectivity index (χ3v) is 2.18. The number of carbonyl (C=O) groups excluding carboxylic acids is 1. The molecule has 0 radical (unpaired) electrons. The second-order valence-electron chi connectivity index (χ2n) is 4.04. The molecular weight excluding hydrogens is 204 g/mol. The molecule has 0 fully saturated rings. The molecule has 0 spiro atoms. The summed E-state index contributed by atoms with van der Waals surface area (Å²) in [5.74, 6) is 0.591. The van der Waals surface area contributed by atoms with E-state index in [1.165, 1.54) is 0 Å². The van der Waals surface area contributed by atoms with Gasteiger partial charge < -0.3 is 10.6 Å². The van der Waals surface area contributed by atoms with Gasteiger partial charge in [0.2, 0.25) is 5.91 Å². The topological polar surface area (TPSA) is 69.8 Å². The number of H-pyrrole nitrogens is 1. The minimum atomic E-state index is -0.0118. The average Bonchev–Trinajstić information content (AvgIpc) is 2.65. The van der Waals surface area contributed by atoms with Crippen molar-refractivity contribution in [1.82, 2.24) is 15.5 Å². The normalized spacial score (nSPS) is 10.8. The molecule has 0 bridgehead atoms. The standard InChI is InChI=1S/C11H20N4O/c1-4-9-7-10(15-14-9)13-11(16)5-6-12-8(2)3/h7-8,12H,4-6H2,1-3H3,(H2,13,14,15,16). The number of aryl methyl sites for hydroxylation is 1. The lowest BCUT2D eigenvalue weighted by atomic mass is 10.3. The molecule has 5 heteroatoms. The maximum absolute atomic E-state index is 11.5. The Morgan fingerprint density at radius 3 is 2.88 bits per heavy atom. The number of nitrogens with zero attached hydrogens (tertiary/aromatic N) is 1. The summed E-state index contributed by atoms with van der Waals surface area (Å²) in [7, 11) is 0. The first kappa shape index (κ1) is 12.7. The predicted octanol–water partition coefficient (Wildman–Crippen LogP) is 1.30. The molecule has 0 aliphatic carbocycles. The van der Waals surface area contributed by atoms with Crippen molar-refractivity contribution < 1.29 is 4.79 Å². The number of amides is 1. The summed E-state index contributed by atoms with van der Waals surface area (Å²) in [5.41, 5.74) is 1.02. The molecule has 1 amide bonds. The van der Waals surface area contributed by atoms with Crippen LogP contribution in [0.25, 0.3) is 0 Å². The summed E-state index contributed by atoms with van der Waals surface area (Å²) in [6, 6.07) is 2.26. The molecule has 1 aromatic rings. The number of rotatable bonds is 6. The fourth-order valence-electron chi connectivity index (χ4n) is 1.29. The van der Waals surface area contributed by atoms with Crippen LogP contribution in [0, 0.1) is 0 Å². The third kappa shape index (κ3) is 4.44. The van der Waals surface area contributed by atoms with E-state index in [0.29, 0.717) is 24.8 Å². The summed E-state index contributed by atoms with van der Waals surface area (Å²) in [6.45, 7) is 6.83. The molecule has 1 aromatic heterocycles. The number of hydrogen-bond acceptors (Lipinski definition) is 3. The Morgan fingerprint density at radius 1 is 1.56 bits per heavy atom. The number of aromatic amines is 1. The van der Waals surface area contributed by atoms with Gasteiger partial charge in [0.25, 0.3) is 0 Å². The van der Waals surface area contributed by atoms with Crippen LogP contribution in [0.5, 0.6) is 0 Å². The fourth-order valence-corrected chi connectivity index (χ4v) is 1.29. The van der Waals surface area contributed by atoms with Gasteiger partial charge in [-0.2, -0.15) is 5.10 Å². The Bertz CT molecular complexity index is 332. The smallest absolute Gasteiger partial charge is 0.226 e. The quantitative estimate of drug-likeness (QED) is 0.682. The Kier molecular flexibility index (Phi) is 4.98. The van der Waals surface area contributed by atoms with Gasteiger partial charge in [-0.1, -0.05) is 20.8 Å². The van der Waals surface area contributed by atoms with Crippen molar-refractivity contribution in [1.29, 1.82) is 0 Å². The van der Waals surface area contributed by atoms with Gasteiger partial charge in [0, 0.05) is 30.8 Å². The van der Waals surface area contributed by atoms with E-state index in [2.05, 4.69) is 34.7 Å². The van der Waals surface area contributed by atoms with Gasteiger partial charge in [0.1, 0.15) is 0 Å². The molecule has 90 valence electrons. The van der Waals surface area contributed by atoms with Gasteiger partial charge in [0.05, 0.1) is 0 Å². The summed E-state index contributed by atoms with van der Waals surface area (Å²) < 4.78 is 0. The first-order valence-electron chi connectivity index (χ1n) is 5.69. The van der Waals surface area contributed by atoms with Crippen LogP contribution in [0.1, 0.15) is 32.9 Å². The van der Waals surface area contributed by atoms with Crippen LogP contribution < -0.4 is 10.6 Å². The molecule has 0 saturated carbocycles. The number of hydrogen-bond donors (Lipinski definition) is 3. The molecule has 5 nitrogen and oxygen atoms in total. The van der Waals surface area contributed by atoms with Gasteiger partial charge in [-0.15, -0.1) is 0 Å². The van der Waals surface area contributed by atoms with Crippen LogP contribution in [0.2, 0.25) is 0 Å². The maximum Gasteiger partial charge on any atom is 0.226 e. The minimum absolute atomic E-state index is 0.0118. The first-order chi connectivity index (χ1) is 7.61. The largest absolute Gasteiger partial charge is 0.314 e. The lowest BCUT2D eigenvalue weighted by Crippen LogP contribution is -2.27. The maximum atomic E-state index is 11.5. The molecule has 1 heterocycles. The van der Waals surface area contributed by atoms with Gasteiger partial charge in [-0.25, -0.2) is 0 Å². The molecule has 16 heavy (non-hydrogen) atoms. The molecule has 0 aliphatic heterocycles. The monoisotopic (exact) mass is 224 g/mol. The number of anilines is 1. The van der Waals surface area contributed by atoms with E-state index in [1.807, 2.05) is 13.0 Å². The molecule has 0 aliphatic rings. The van der Waals surface area contributed by atoms with E-state index in [-0.39, 0.29) is 5.91 Å². The zero-order chi connectivity index (χ0) is 12.0. The van der Waals surface area contributed by atoms with Crippen molar-refractivity contribution in [3.63, 3.8) is 0 Å². The van der Waals surface area contributed by atoms with Crippen LogP contribution in [-0.2, 0) is 11.2 Å². The fraction of sp³-hybridized carbons (Fsp3) is 0.636. The lowest BCUT2D eigenvalue weighted by Gasteiger charge is -2.06. The second-order valence-corrected chi connectivity index (χ2v) is 4.04. The Morgan fingerprint density at radius 2 is 2.31 bits per heavy atom. The third-order valence-electron chi connectivity index (χ3n) is 2.18. The second kappa shape index (κ2) is 6.27. The molecule has 1 rings (SSSR count). The zero-order valence-corrected chi connectivity index (χ0v) is 10.1. The van der Waals surface area contributed by atoms with Gasteiger partial charge in [0.15, 0.2) is 5.82 Å². The number of nitrogens with one attached hydrogen (secondary N) is 3. The van der Waals surface area contributed by atoms with E-state index in [9.17, 15) is 4.79 Å². The Labute approximate surface area is 96.0 Å². The van der Waals surface area contributed by atoms with Crippen LogP contribution in [0.3, 0.4) is 0 Å². The molecule has 0 atom stereocenters.